The minimum absolute atomic E-state index is 0.531. The quantitative estimate of drug-likeness (QED) is 0.825. The van der Waals surface area contributed by atoms with E-state index in [1.54, 1.807) is 0 Å². The van der Waals surface area contributed by atoms with Crippen LogP contribution < -0.4 is 5.32 Å². The van der Waals surface area contributed by atoms with Crippen LogP contribution in [0.2, 0.25) is 0 Å². The van der Waals surface area contributed by atoms with Gasteiger partial charge in [0.1, 0.15) is 11.6 Å². The van der Waals surface area contributed by atoms with Gasteiger partial charge >= 0.3 is 0 Å². The van der Waals surface area contributed by atoms with Crippen molar-refractivity contribution >= 4 is 33.1 Å². The zero-order valence-electron chi connectivity index (χ0n) is 13.0. The van der Waals surface area contributed by atoms with Crippen LogP contribution in [0.1, 0.15) is 42.3 Å². The molecule has 2 aromatic rings. The number of halogens is 1. The molecule has 6 heteroatoms. The predicted octanol–water partition coefficient (Wildman–Crippen LogP) is 4.25. The first kappa shape index (κ1) is 15.5. The third kappa shape index (κ3) is 4.11. The van der Waals surface area contributed by atoms with Crippen molar-refractivity contribution in [3.63, 3.8) is 0 Å². The van der Waals surface area contributed by atoms with E-state index in [0.29, 0.717) is 12.0 Å². The van der Waals surface area contributed by atoms with E-state index in [9.17, 15) is 0 Å². The van der Waals surface area contributed by atoms with Gasteiger partial charge in [0.25, 0.3) is 0 Å². The molecule has 3 heterocycles. The standard InChI is InChI=1S/C17H21BrN4S/c18-13-9-15(23-11-13)10-22-7-4-14(5-8-22)20-16-3-6-19-17(21-16)12-1-2-12/h3,6,9,11-12,14H,1-2,4-5,7-8,10H2,(H,19,20,21). The van der Waals surface area contributed by atoms with Crippen molar-refractivity contribution in [1.29, 1.82) is 0 Å². The van der Waals surface area contributed by atoms with E-state index >= 15 is 0 Å². The van der Waals surface area contributed by atoms with Crippen LogP contribution in [0.5, 0.6) is 0 Å². The van der Waals surface area contributed by atoms with Gasteiger partial charge in [0, 0.05) is 52.5 Å². The Labute approximate surface area is 149 Å². The molecule has 1 aliphatic carbocycles. The van der Waals surface area contributed by atoms with Gasteiger partial charge in [0.05, 0.1) is 0 Å². The molecule has 0 aromatic carbocycles. The summed E-state index contributed by atoms with van der Waals surface area (Å²) in [6, 6.07) is 4.76. The first-order chi connectivity index (χ1) is 11.3. The van der Waals surface area contributed by atoms with Gasteiger partial charge < -0.3 is 5.32 Å². The van der Waals surface area contributed by atoms with Crippen LogP contribution in [0.3, 0.4) is 0 Å². The molecule has 23 heavy (non-hydrogen) atoms. The largest absolute Gasteiger partial charge is 0.367 e. The van der Waals surface area contributed by atoms with Gasteiger partial charge in [0.2, 0.25) is 0 Å². The van der Waals surface area contributed by atoms with Gasteiger partial charge in [-0.25, -0.2) is 9.97 Å². The highest BCUT2D eigenvalue weighted by Gasteiger charge is 2.27. The summed E-state index contributed by atoms with van der Waals surface area (Å²) in [6.07, 6.45) is 6.75. The van der Waals surface area contributed by atoms with E-state index in [1.165, 1.54) is 35.0 Å². The van der Waals surface area contributed by atoms with Crippen LogP contribution >= 0.6 is 27.3 Å². The van der Waals surface area contributed by atoms with Crippen molar-refractivity contribution in [2.24, 2.45) is 0 Å². The maximum atomic E-state index is 4.68. The Hall–Kier alpha value is -0.980. The minimum Gasteiger partial charge on any atom is -0.367 e. The van der Waals surface area contributed by atoms with E-state index < -0.39 is 0 Å². The molecule has 4 nitrogen and oxygen atoms in total. The number of thiophene rings is 1. The molecule has 1 N–H and O–H groups in total. The zero-order chi connectivity index (χ0) is 15.6. The van der Waals surface area contributed by atoms with Crippen molar-refractivity contribution in [1.82, 2.24) is 14.9 Å². The van der Waals surface area contributed by atoms with E-state index in [0.717, 1.165) is 31.3 Å². The molecule has 0 unspecified atom stereocenters. The number of hydrogen-bond donors (Lipinski definition) is 1. The Morgan fingerprint density at radius 2 is 2.09 bits per heavy atom. The third-order valence-electron chi connectivity index (χ3n) is 4.56. The lowest BCUT2D eigenvalue weighted by molar-refractivity contribution is 0.213. The van der Waals surface area contributed by atoms with Gasteiger partial charge in [-0.15, -0.1) is 11.3 Å². The summed E-state index contributed by atoms with van der Waals surface area (Å²) < 4.78 is 1.20. The van der Waals surface area contributed by atoms with Gasteiger partial charge in [-0.1, -0.05) is 0 Å². The maximum absolute atomic E-state index is 4.68. The van der Waals surface area contributed by atoms with Crippen LogP contribution in [0.15, 0.2) is 28.2 Å². The van der Waals surface area contributed by atoms with Gasteiger partial charge in [0.15, 0.2) is 0 Å². The lowest BCUT2D eigenvalue weighted by atomic mass is 10.1. The SMILES string of the molecule is Brc1csc(CN2CCC(Nc3ccnc(C4CC4)n3)CC2)c1. The molecule has 1 saturated heterocycles. The Balaban J connectivity index is 1.28. The molecule has 2 aromatic heterocycles. The van der Waals surface area contributed by atoms with Crippen LogP contribution in [0.25, 0.3) is 0 Å². The molecular formula is C17H21BrN4S. The van der Waals surface area contributed by atoms with E-state index in [2.05, 4.69) is 47.6 Å². The lowest BCUT2D eigenvalue weighted by Crippen LogP contribution is -2.38. The second-order valence-electron chi connectivity index (χ2n) is 6.50. The molecule has 0 spiro atoms. The molecule has 0 bridgehead atoms. The van der Waals surface area contributed by atoms with Crippen LogP contribution in [-0.4, -0.2) is 34.0 Å². The first-order valence-corrected chi connectivity index (χ1v) is 9.98. The van der Waals surface area contributed by atoms with Crippen LogP contribution in [0, 0.1) is 0 Å². The highest BCUT2D eigenvalue weighted by molar-refractivity contribution is 9.10. The number of anilines is 1. The Morgan fingerprint density at radius 3 is 2.78 bits per heavy atom. The second-order valence-corrected chi connectivity index (χ2v) is 8.41. The molecular weight excluding hydrogens is 372 g/mol. The fourth-order valence-electron chi connectivity index (χ4n) is 3.09. The fraction of sp³-hybridized carbons (Fsp3) is 0.529. The maximum Gasteiger partial charge on any atom is 0.133 e. The molecule has 4 rings (SSSR count). The Kier molecular flexibility index (Phi) is 4.64. The van der Waals surface area contributed by atoms with Crippen LogP contribution in [-0.2, 0) is 6.54 Å². The summed E-state index contributed by atoms with van der Waals surface area (Å²) >= 11 is 5.37. The molecule has 1 saturated carbocycles. The second kappa shape index (κ2) is 6.87. The topological polar surface area (TPSA) is 41.0 Å². The number of hydrogen-bond acceptors (Lipinski definition) is 5. The van der Waals surface area contributed by atoms with Crippen LogP contribution in [0.4, 0.5) is 5.82 Å². The summed E-state index contributed by atoms with van der Waals surface area (Å²) in [7, 11) is 0. The van der Waals surface area contributed by atoms with Crippen molar-refractivity contribution in [3.8, 4) is 0 Å². The average molecular weight is 393 g/mol. The molecule has 122 valence electrons. The highest BCUT2D eigenvalue weighted by atomic mass is 79.9. The van der Waals surface area contributed by atoms with Crippen molar-refractivity contribution in [2.75, 3.05) is 18.4 Å². The molecule has 0 amide bonds. The van der Waals surface area contributed by atoms with Crippen molar-refractivity contribution in [2.45, 2.75) is 44.2 Å². The Morgan fingerprint density at radius 1 is 1.26 bits per heavy atom. The van der Waals surface area contributed by atoms with Gasteiger partial charge in [-0.3, -0.25) is 4.90 Å². The summed E-state index contributed by atoms with van der Waals surface area (Å²) in [6.45, 7) is 3.36. The molecule has 0 atom stereocenters. The van der Waals surface area contributed by atoms with Gasteiger partial charge in [-0.2, -0.15) is 0 Å². The van der Waals surface area contributed by atoms with Crippen molar-refractivity contribution in [3.05, 3.63) is 38.9 Å². The fourth-order valence-corrected chi connectivity index (χ4v) is 4.59. The van der Waals surface area contributed by atoms with E-state index in [-0.39, 0.29) is 0 Å². The summed E-state index contributed by atoms with van der Waals surface area (Å²) in [4.78, 5) is 13.1. The number of aromatic nitrogens is 2. The number of likely N-dealkylation sites (tertiary alicyclic amines) is 1. The smallest absolute Gasteiger partial charge is 0.133 e. The number of rotatable bonds is 5. The van der Waals surface area contributed by atoms with E-state index in [1.807, 2.05) is 23.6 Å². The monoisotopic (exact) mass is 392 g/mol. The lowest BCUT2D eigenvalue weighted by Gasteiger charge is -2.32. The molecule has 2 aliphatic rings. The van der Waals surface area contributed by atoms with E-state index in [4.69, 9.17) is 0 Å². The molecule has 1 aliphatic heterocycles. The number of piperidine rings is 1. The third-order valence-corrected chi connectivity index (χ3v) is 6.24. The summed E-state index contributed by atoms with van der Waals surface area (Å²) in [5.41, 5.74) is 0. The highest BCUT2D eigenvalue weighted by Crippen LogP contribution is 2.38. The van der Waals surface area contributed by atoms with Crippen molar-refractivity contribution < 1.29 is 0 Å². The molecule has 0 radical (unpaired) electrons. The summed E-state index contributed by atoms with van der Waals surface area (Å²) in [5, 5.41) is 5.77. The normalized spacial score (nSPS) is 19.9. The molecule has 2 fully saturated rings. The predicted molar refractivity (Wildman–Crippen MR) is 97.9 cm³/mol. The average Bonchev–Trinajstić information content (AvgIpc) is 3.33. The zero-order valence-corrected chi connectivity index (χ0v) is 15.4. The minimum atomic E-state index is 0.531. The number of nitrogens with zero attached hydrogens (tertiary/aromatic N) is 3. The Bertz CT molecular complexity index is 662. The van der Waals surface area contributed by atoms with Gasteiger partial charge in [-0.05, 0) is 53.7 Å². The number of nitrogens with one attached hydrogen (secondary N) is 1. The summed E-state index contributed by atoms with van der Waals surface area (Å²) in [5.74, 6) is 2.64. The first-order valence-electron chi connectivity index (χ1n) is 8.31.